The van der Waals surface area contributed by atoms with Crippen molar-refractivity contribution in [2.24, 2.45) is 13.0 Å². The van der Waals surface area contributed by atoms with E-state index in [2.05, 4.69) is 25.6 Å². The Morgan fingerprint density at radius 2 is 2.28 bits per heavy atom. The summed E-state index contributed by atoms with van der Waals surface area (Å²) in [6.45, 7) is 1.79. The number of halogens is 1. The molecule has 0 bridgehead atoms. The van der Waals surface area contributed by atoms with Gasteiger partial charge in [-0.25, -0.2) is 18.1 Å². The van der Waals surface area contributed by atoms with Gasteiger partial charge in [0.05, 0.1) is 0 Å². The maximum atomic E-state index is 12.2. The van der Waals surface area contributed by atoms with Crippen LogP contribution in [-0.4, -0.2) is 29.3 Å². The molecule has 0 spiro atoms. The molecule has 5 nitrogen and oxygen atoms in total. The molecule has 0 saturated heterocycles. The molecule has 7 heteroatoms. The first-order chi connectivity index (χ1) is 8.44. The minimum absolute atomic E-state index is 0.0247. The number of alkyl halides is 1. The van der Waals surface area contributed by atoms with Gasteiger partial charge in [0.15, 0.2) is 5.03 Å². The van der Waals surface area contributed by atoms with Crippen molar-refractivity contribution >= 4 is 26.0 Å². The number of hydrogen-bond donors (Lipinski definition) is 1. The van der Waals surface area contributed by atoms with Crippen LogP contribution >= 0.6 is 15.9 Å². The van der Waals surface area contributed by atoms with E-state index < -0.39 is 10.0 Å². The molecule has 2 atom stereocenters. The highest BCUT2D eigenvalue weighted by Gasteiger charge is 2.31. The molecular weight excluding hydrogens is 318 g/mol. The van der Waals surface area contributed by atoms with Crippen LogP contribution < -0.4 is 4.72 Å². The zero-order chi connectivity index (χ0) is 13.3. The third kappa shape index (κ3) is 2.78. The fraction of sp³-hybridized carbons (Fsp3) is 0.727. The molecule has 0 aromatic carbocycles. The van der Waals surface area contributed by atoms with Gasteiger partial charge in [-0.15, -0.1) is 0 Å². The lowest BCUT2D eigenvalue weighted by Gasteiger charge is -2.18. The number of nitrogens with zero attached hydrogens (tertiary/aromatic N) is 2. The summed E-state index contributed by atoms with van der Waals surface area (Å²) in [7, 11) is -1.70. The molecule has 18 heavy (non-hydrogen) atoms. The van der Waals surface area contributed by atoms with Crippen LogP contribution in [0.1, 0.15) is 25.1 Å². The van der Waals surface area contributed by atoms with Crippen LogP contribution in [0, 0.1) is 12.8 Å². The number of sulfonamides is 1. The van der Waals surface area contributed by atoms with Gasteiger partial charge in [0, 0.05) is 24.6 Å². The first-order valence-corrected chi connectivity index (χ1v) is 8.63. The third-order valence-corrected chi connectivity index (χ3v) is 5.72. The fourth-order valence-corrected chi connectivity index (χ4v) is 4.45. The largest absolute Gasteiger partial charge is 0.337 e. The molecule has 0 radical (unpaired) electrons. The van der Waals surface area contributed by atoms with E-state index in [9.17, 15) is 8.42 Å². The topological polar surface area (TPSA) is 64.0 Å². The van der Waals surface area contributed by atoms with Gasteiger partial charge in [-0.3, -0.25) is 0 Å². The minimum Gasteiger partial charge on any atom is -0.337 e. The number of aromatic nitrogens is 2. The molecular formula is C11H18BrN3O2S. The molecule has 2 rings (SSSR count). The van der Waals surface area contributed by atoms with Gasteiger partial charge >= 0.3 is 0 Å². The Balaban J connectivity index is 2.17. The SMILES string of the molecule is Cc1nc(S(=O)(=O)NC2CCCC2CBr)cn1C. The van der Waals surface area contributed by atoms with E-state index >= 15 is 0 Å². The molecule has 1 aliphatic carbocycles. The lowest BCUT2D eigenvalue weighted by molar-refractivity contribution is 0.483. The lowest BCUT2D eigenvalue weighted by atomic mass is 10.1. The zero-order valence-corrected chi connectivity index (χ0v) is 13.0. The van der Waals surface area contributed by atoms with Crippen LogP contribution in [-0.2, 0) is 17.1 Å². The molecule has 0 aliphatic heterocycles. The van der Waals surface area contributed by atoms with Gasteiger partial charge in [0.1, 0.15) is 5.82 Å². The summed E-state index contributed by atoms with van der Waals surface area (Å²) in [5, 5.41) is 0.948. The summed E-state index contributed by atoms with van der Waals surface area (Å²) in [5.41, 5.74) is 0. The van der Waals surface area contributed by atoms with Gasteiger partial charge in [-0.2, -0.15) is 0 Å². The molecule has 1 heterocycles. The summed E-state index contributed by atoms with van der Waals surface area (Å²) >= 11 is 3.44. The highest BCUT2D eigenvalue weighted by atomic mass is 79.9. The number of hydrogen-bond acceptors (Lipinski definition) is 3. The molecule has 102 valence electrons. The van der Waals surface area contributed by atoms with Crippen LogP contribution in [0.5, 0.6) is 0 Å². The summed E-state index contributed by atoms with van der Waals surface area (Å²) < 4.78 is 28.9. The normalized spacial score (nSPS) is 24.6. The van der Waals surface area contributed by atoms with Crippen molar-refractivity contribution in [2.45, 2.75) is 37.3 Å². The standard InChI is InChI=1S/C11H18BrN3O2S/c1-8-13-11(7-15(8)2)18(16,17)14-10-5-3-4-9(10)6-12/h7,9-10,14H,3-6H2,1-2H3. The van der Waals surface area contributed by atoms with Crippen LogP contribution in [0.3, 0.4) is 0 Å². The van der Waals surface area contributed by atoms with Gasteiger partial charge in [-0.1, -0.05) is 22.4 Å². The molecule has 2 unspecified atom stereocenters. The monoisotopic (exact) mass is 335 g/mol. The second-order valence-corrected chi connectivity index (χ2v) is 7.12. The first kappa shape index (κ1) is 14.0. The fourth-order valence-electron chi connectivity index (χ4n) is 2.29. The van der Waals surface area contributed by atoms with Crippen molar-refractivity contribution < 1.29 is 8.42 Å². The van der Waals surface area contributed by atoms with E-state index in [1.807, 2.05) is 0 Å². The Hall–Kier alpha value is -0.400. The van der Waals surface area contributed by atoms with Crippen LogP contribution in [0.2, 0.25) is 0 Å². The predicted octanol–water partition coefficient (Wildman–Crippen LogP) is 1.57. The van der Waals surface area contributed by atoms with E-state index in [0.29, 0.717) is 11.7 Å². The maximum Gasteiger partial charge on any atom is 0.259 e. The average Bonchev–Trinajstić information content (AvgIpc) is 2.86. The Morgan fingerprint density at radius 1 is 1.56 bits per heavy atom. The van der Waals surface area contributed by atoms with E-state index in [0.717, 1.165) is 24.6 Å². The van der Waals surface area contributed by atoms with E-state index in [-0.39, 0.29) is 11.1 Å². The van der Waals surface area contributed by atoms with Gasteiger partial charge in [0.25, 0.3) is 10.0 Å². The molecule has 1 aromatic heterocycles. The van der Waals surface area contributed by atoms with Crippen LogP contribution in [0.4, 0.5) is 0 Å². The number of aryl methyl sites for hydroxylation is 2. The highest BCUT2D eigenvalue weighted by molar-refractivity contribution is 9.09. The summed E-state index contributed by atoms with van der Waals surface area (Å²) in [5.74, 6) is 1.07. The summed E-state index contributed by atoms with van der Waals surface area (Å²) in [6, 6.07) is 0.0247. The summed E-state index contributed by atoms with van der Waals surface area (Å²) in [4.78, 5) is 4.08. The average molecular weight is 336 g/mol. The van der Waals surface area contributed by atoms with Gasteiger partial charge < -0.3 is 4.57 Å². The molecule has 1 N–H and O–H groups in total. The lowest BCUT2D eigenvalue weighted by Crippen LogP contribution is -2.38. The zero-order valence-electron chi connectivity index (χ0n) is 10.6. The van der Waals surface area contributed by atoms with Crippen LogP contribution in [0.15, 0.2) is 11.2 Å². The number of imidazole rings is 1. The second kappa shape index (κ2) is 5.30. The van der Waals surface area contributed by atoms with E-state index in [4.69, 9.17) is 0 Å². The van der Waals surface area contributed by atoms with Crippen molar-refractivity contribution in [3.8, 4) is 0 Å². The quantitative estimate of drug-likeness (QED) is 0.849. The Kier molecular flexibility index (Phi) is 4.13. The Morgan fingerprint density at radius 3 is 2.83 bits per heavy atom. The van der Waals surface area contributed by atoms with Gasteiger partial charge in [0.2, 0.25) is 0 Å². The molecule has 1 saturated carbocycles. The third-order valence-electron chi connectivity index (χ3n) is 3.53. The minimum atomic E-state index is -3.49. The van der Waals surface area contributed by atoms with E-state index in [1.54, 1.807) is 24.7 Å². The molecule has 0 amide bonds. The predicted molar refractivity (Wildman–Crippen MR) is 73.2 cm³/mol. The highest BCUT2D eigenvalue weighted by Crippen LogP contribution is 2.28. The molecule has 1 fully saturated rings. The Labute approximate surface area is 116 Å². The van der Waals surface area contributed by atoms with E-state index in [1.165, 1.54) is 0 Å². The van der Waals surface area contributed by atoms with Crippen molar-refractivity contribution in [3.05, 3.63) is 12.0 Å². The first-order valence-electron chi connectivity index (χ1n) is 6.02. The summed E-state index contributed by atoms with van der Waals surface area (Å²) in [6.07, 6.45) is 4.60. The molecule has 1 aromatic rings. The van der Waals surface area contributed by atoms with Crippen molar-refractivity contribution in [3.63, 3.8) is 0 Å². The molecule has 1 aliphatic rings. The smallest absolute Gasteiger partial charge is 0.259 e. The van der Waals surface area contributed by atoms with Crippen molar-refractivity contribution in [1.82, 2.24) is 14.3 Å². The van der Waals surface area contributed by atoms with Crippen molar-refractivity contribution in [1.29, 1.82) is 0 Å². The number of nitrogens with one attached hydrogen (secondary N) is 1. The number of rotatable bonds is 4. The van der Waals surface area contributed by atoms with Crippen molar-refractivity contribution in [2.75, 3.05) is 5.33 Å². The van der Waals surface area contributed by atoms with Gasteiger partial charge in [-0.05, 0) is 25.7 Å². The van der Waals surface area contributed by atoms with Crippen LogP contribution in [0.25, 0.3) is 0 Å². The maximum absolute atomic E-state index is 12.2. The second-order valence-electron chi connectivity index (χ2n) is 4.81. The Bertz CT molecular complexity index is 507.